The predicted molar refractivity (Wildman–Crippen MR) is 234 cm³/mol. The Morgan fingerprint density at radius 2 is 1.88 bits per heavy atom. The number of ether oxygens (including phenoxy) is 2. The van der Waals surface area contributed by atoms with Gasteiger partial charge in [0.1, 0.15) is 18.1 Å². The molecular weight excluding hydrogens is 781 g/mol. The number of carbonyl (C=O) groups is 4. The highest BCUT2D eigenvalue weighted by atomic mass is 32.1. The topological polar surface area (TPSA) is 151 Å². The lowest BCUT2D eigenvalue weighted by atomic mass is 9.84. The van der Waals surface area contributed by atoms with E-state index in [1.807, 2.05) is 46.1 Å². The lowest BCUT2D eigenvalue weighted by Crippen LogP contribution is -2.62. The summed E-state index contributed by atoms with van der Waals surface area (Å²) in [5.74, 6) is -1.52. The Kier molecular flexibility index (Phi) is 14.0. The van der Waals surface area contributed by atoms with E-state index in [4.69, 9.17) is 19.4 Å². The number of likely N-dealkylation sites (N-methyl/N-ethyl adjacent to an activating group) is 1. The molecule has 0 saturated carbocycles. The van der Waals surface area contributed by atoms with Gasteiger partial charge in [0.15, 0.2) is 0 Å². The molecule has 6 rings (SSSR count). The number of urea groups is 1. The molecule has 0 aliphatic carbocycles. The normalized spacial score (nSPS) is 19.4. The van der Waals surface area contributed by atoms with E-state index < -0.39 is 41.3 Å². The summed E-state index contributed by atoms with van der Waals surface area (Å²) in [5.41, 5.74) is 9.38. The SMILES string of the molecule is CCN(CC)C(=O)N(C)C(C(=O)N[C@H]1Cc2nc(cs2)-c2ccc3c(c2)c(c(-c2cccnc2[C@H](C)OC)n3CC)CC(C)(C)COC(=O)[C@@H]2CCCN(N2)C1=O)C(C)C. The number of pyridine rings is 1. The number of nitrogens with one attached hydrogen (secondary N) is 2. The molecule has 1 aromatic carbocycles. The Morgan fingerprint density at radius 1 is 1.13 bits per heavy atom. The van der Waals surface area contributed by atoms with Crippen molar-refractivity contribution >= 4 is 46.1 Å². The molecule has 60 heavy (non-hydrogen) atoms. The van der Waals surface area contributed by atoms with Crippen LogP contribution in [0.2, 0.25) is 0 Å². The molecule has 1 fully saturated rings. The Morgan fingerprint density at radius 3 is 2.57 bits per heavy atom. The van der Waals surface area contributed by atoms with Gasteiger partial charge in [-0.3, -0.25) is 24.4 Å². The van der Waals surface area contributed by atoms with E-state index in [0.717, 1.165) is 44.7 Å². The number of amides is 4. The highest BCUT2D eigenvalue weighted by Gasteiger charge is 2.38. The van der Waals surface area contributed by atoms with Gasteiger partial charge in [-0.05, 0) is 82.7 Å². The number of hydrogen-bond donors (Lipinski definition) is 2. The Balaban J connectivity index is 1.45. The first-order valence-corrected chi connectivity index (χ1v) is 22.1. The standard InChI is InChI=1S/C45H62N8O6S/c1-11-51(12-2)44(57)50(9)39(27(4)5)41(54)48-34-23-37-47-35(25-60-37)29-18-19-36-31(22-29)32(40(52(36)13-3)30-16-14-20-46-38(30)28(6)58-10)24-45(7,8)26-59-43(56)33-17-15-21-53(49-33)42(34)55/h14,16,18-20,22,25,27-28,33-34,39,49H,11-13,15,17,21,23-24,26H2,1-10H3,(H,48,54)/t28-,33-,34-,39?/m0/s1. The molecule has 324 valence electrons. The van der Waals surface area contributed by atoms with Crippen LogP contribution < -0.4 is 10.7 Å². The van der Waals surface area contributed by atoms with Crippen LogP contribution in [-0.2, 0) is 43.2 Å². The summed E-state index contributed by atoms with van der Waals surface area (Å²) in [7, 11) is 3.32. The van der Waals surface area contributed by atoms with Gasteiger partial charge in [-0.15, -0.1) is 11.3 Å². The van der Waals surface area contributed by atoms with E-state index in [1.54, 1.807) is 25.3 Å². The third kappa shape index (κ3) is 9.23. The maximum atomic E-state index is 14.5. The zero-order valence-corrected chi connectivity index (χ0v) is 37.6. The maximum Gasteiger partial charge on any atom is 0.324 e. The molecular formula is C45H62N8O6S. The number of hydrazine groups is 1. The zero-order chi connectivity index (χ0) is 43.5. The van der Waals surface area contributed by atoms with Gasteiger partial charge in [-0.1, -0.05) is 33.8 Å². The van der Waals surface area contributed by atoms with Gasteiger partial charge >= 0.3 is 12.0 Å². The molecule has 4 amide bonds. The minimum atomic E-state index is -1.03. The number of thiazole rings is 1. The Labute approximate surface area is 358 Å². The van der Waals surface area contributed by atoms with Crippen LogP contribution in [0.15, 0.2) is 41.9 Å². The number of benzene rings is 1. The number of fused-ring (bicyclic) bond motifs is 6. The summed E-state index contributed by atoms with van der Waals surface area (Å²) in [6.45, 7) is 18.1. The van der Waals surface area contributed by atoms with Crippen LogP contribution in [0.3, 0.4) is 0 Å². The van der Waals surface area contributed by atoms with Crippen molar-refractivity contribution in [2.45, 2.75) is 112 Å². The van der Waals surface area contributed by atoms with E-state index in [2.05, 4.69) is 60.3 Å². The molecule has 4 aromatic rings. The molecule has 0 radical (unpaired) electrons. The molecule has 2 aliphatic rings. The van der Waals surface area contributed by atoms with Crippen molar-refractivity contribution in [2.24, 2.45) is 11.3 Å². The summed E-state index contributed by atoms with van der Waals surface area (Å²) in [6, 6.07) is 7.56. The van der Waals surface area contributed by atoms with Crippen molar-refractivity contribution < 1.29 is 28.7 Å². The number of esters is 1. The molecule has 3 aromatic heterocycles. The second-order valence-corrected chi connectivity index (χ2v) is 18.0. The highest BCUT2D eigenvalue weighted by molar-refractivity contribution is 7.10. The molecule has 0 spiro atoms. The fourth-order valence-electron chi connectivity index (χ4n) is 8.58. The molecule has 4 atom stereocenters. The van der Waals surface area contributed by atoms with Crippen LogP contribution in [0.4, 0.5) is 4.79 Å². The molecule has 1 saturated heterocycles. The number of aryl methyl sites for hydroxylation is 1. The quantitative estimate of drug-likeness (QED) is 0.168. The number of cyclic esters (lactones) is 1. The fraction of sp³-hybridized carbons (Fsp3) is 0.556. The minimum Gasteiger partial charge on any atom is -0.464 e. The van der Waals surface area contributed by atoms with Crippen molar-refractivity contribution in [2.75, 3.05) is 40.4 Å². The summed E-state index contributed by atoms with van der Waals surface area (Å²) in [4.78, 5) is 69.0. The average molecular weight is 843 g/mol. The van der Waals surface area contributed by atoms with E-state index in [-0.39, 0.29) is 31.1 Å². The van der Waals surface area contributed by atoms with Crippen molar-refractivity contribution in [3.05, 3.63) is 58.2 Å². The van der Waals surface area contributed by atoms with Crippen molar-refractivity contribution in [1.29, 1.82) is 0 Å². The number of hydrogen-bond acceptors (Lipinski definition) is 10. The maximum absolute atomic E-state index is 14.5. The largest absolute Gasteiger partial charge is 0.464 e. The number of aromatic nitrogens is 3. The number of rotatable bonds is 10. The smallest absolute Gasteiger partial charge is 0.324 e. The second kappa shape index (κ2) is 18.8. The van der Waals surface area contributed by atoms with Gasteiger partial charge in [0, 0.05) is 85.8 Å². The third-order valence-electron chi connectivity index (χ3n) is 11.8. The Hall–Kier alpha value is -4.86. The van der Waals surface area contributed by atoms with E-state index in [0.29, 0.717) is 50.4 Å². The third-order valence-corrected chi connectivity index (χ3v) is 12.7. The van der Waals surface area contributed by atoms with Gasteiger partial charge in [-0.2, -0.15) is 0 Å². The summed E-state index contributed by atoms with van der Waals surface area (Å²) >= 11 is 1.43. The average Bonchev–Trinajstić information content (AvgIpc) is 3.83. The second-order valence-electron chi connectivity index (χ2n) is 17.0. The summed E-state index contributed by atoms with van der Waals surface area (Å²) < 4.78 is 14.2. The lowest BCUT2D eigenvalue weighted by Gasteiger charge is -2.37. The van der Waals surface area contributed by atoms with Gasteiger partial charge in [-0.25, -0.2) is 15.2 Å². The van der Waals surface area contributed by atoms with Gasteiger partial charge in [0.05, 0.1) is 34.8 Å². The van der Waals surface area contributed by atoms with Crippen molar-refractivity contribution in [3.8, 4) is 22.5 Å². The van der Waals surface area contributed by atoms with Crippen LogP contribution in [0, 0.1) is 11.3 Å². The Bertz CT molecular complexity index is 2190. The van der Waals surface area contributed by atoms with Gasteiger partial charge in [0.2, 0.25) is 5.91 Å². The first-order chi connectivity index (χ1) is 28.6. The number of nitrogens with zero attached hydrogens (tertiary/aromatic N) is 6. The zero-order valence-electron chi connectivity index (χ0n) is 36.8. The number of carbonyl (C=O) groups excluding carboxylic acids is 4. The van der Waals surface area contributed by atoms with E-state index in [1.165, 1.54) is 21.2 Å². The molecule has 15 heteroatoms. The molecule has 6 bridgehead atoms. The molecule has 2 N–H and O–H groups in total. The summed E-state index contributed by atoms with van der Waals surface area (Å²) in [5, 5.41) is 8.17. The van der Waals surface area contributed by atoms with Crippen LogP contribution in [0.25, 0.3) is 33.4 Å². The van der Waals surface area contributed by atoms with Crippen molar-refractivity contribution in [1.82, 2.24) is 40.1 Å². The minimum absolute atomic E-state index is 0.112. The lowest BCUT2D eigenvalue weighted by molar-refractivity contribution is -0.155. The molecule has 2 aliphatic heterocycles. The number of methoxy groups -OCH3 is 1. The first-order valence-electron chi connectivity index (χ1n) is 21.3. The highest BCUT2D eigenvalue weighted by Crippen LogP contribution is 2.42. The van der Waals surface area contributed by atoms with Crippen molar-refractivity contribution in [3.63, 3.8) is 0 Å². The molecule has 14 nitrogen and oxygen atoms in total. The first kappa shape index (κ1) is 44.7. The van der Waals surface area contributed by atoms with Crippen LogP contribution in [0.1, 0.15) is 90.6 Å². The van der Waals surface area contributed by atoms with E-state index >= 15 is 0 Å². The fourth-order valence-corrected chi connectivity index (χ4v) is 9.43. The van der Waals surface area contributed by atoms with Crippen LogP contribution >= 0.6 is 11.3 Å². The van der Waals surface area contributed by atoms with E-state index in [9.17, 15) is 19.2 Å². The van der Waals surface area contributed by atoms with Crippen LogP contribution in [-0.4, -0.2) is 112 Å². The molecule has 5 heterocycles. The molecule has 1 unspecified atom stereocenters. The predicted octanol–water partition coefficient (Wildman–Crippen LogP) is 6.62. The van der Waals surface area contributed by atoms with Gasteiger partial charge < -0.3 is 29.2 Å². The monoisotopic (exact) mass is 842 g/mol. The summed E-state index contributed by atoms with van der Waals surface area (Å²) in [6.07, 6.45) is 3.31. The van der Waals surface area contributed by atoms with Crippen LogP contribution in [0.5, 0.6) is 0 Å². The van der Waals surface area contributed by atoms with Gasteiger partial charge in [0.25, 0.3) is 5.91 Å².